The van der Waals surface area contributed by atoms with E-state index in [1.807, 2.05) is 18.2 Å². The number of rotatable bonds is 3. The molecule has 1 aliphatic rings. The maximum Gasteiger partial charge on any atom is 0.126 e. The highest BCUT2D eigenvalue weighted by Gasteiger charge is 2.19. The lowest BCUT2D eigenvalue weighted by Crippen LogP contribution is -2.40. The van der Waals surface area contributed by atoms with Crippen LogP contribution in [0.5, 0.6) is 0 Å². The summed E-state index contributed by atoms with van der Waals surface area (Å²) < 4.78 is 5.20. The second-order valence-electron chi connectivity index (χ2n) is 5.18. The molecular formula is C15H15N5O. The Labute approximate surface area is 121 Å². The number of ether oxygens (including phenoxy) is 1. The highest BCUT2D eigenvalue weighted by atomic mass is 16.5. The molecule has 1 aromatic carbocycles. The SMILES string of the molecule is Nc1cc(NC2COC2)c2ccc(-c3ccn[nH]3)cc2n1. The normalized spacial score (nSPS) is 15.0. The summed E-state index contributed by atoms with van der Waals surface area (Å²) in [6.07, 6.45) is 1.73. The van der Waals surface area contributed by atoms with Gasteiger partial charge in [-0.05, 0) is 12.1 Å². The predicted octanol–water partition coefficient (Wildman–Crippen LogP) is 2.02. The van der Waals surface area contributed by atoms with Gasteiger partial charge in [-0.15, -0.1) is 0 Å². The third-order valence-corrected chi connectivity index (χ3v) is 3.64. The maximum absolute atomic E-state index is 5.93. The third kappa shape index (κ3) is 2.19. The summed E-state index contributed by atoms with van der Waals surface area (Å²) in [5.74, 6) is 0.506. The summed E-state index contributed by atoms with van der Waals surface area (Å²) in [4.78, 5) is 4.43. The highest BCUT2D eigenvalue weighted by molar-refractivity contribution is 5.95. The molecule has 0 saturated carbocycles. The zero-order valence-electron chi connectivity index (χ0n) is 11.3. The van der Waals surface area contributed by atoms with Gasteiger partial charge >= 0.3 is 0 Å². The lowest BCUT2D eigenvalue weighted by molar-refractivity contribution is 0.0211. The van der Waals surface area contributed by atoms with E-state index in [2.05, 4.69) is 32.6 Å². The van der Waals surface area contributed by atoms with Crippen molar-refractivity contribution in [3.63, 3.8) is 0 Å². The number of benzene rings is 1. The molecule has 0 amide bonds. The fraction of sp³-hybridized carbons (Fsp3) is 0.200. The van der Waals surface area contributed by atoms with Gasteiger partial charge in [-0.1, -0.05) is 12.1 Å². The summed E-state index contributed by atoms with van der Waals surface area (Å²) in [5.41, 5.74) is 9.79. The van der Waals surface area contributed by atoms with Crippen LogP contribution in [0.2, 0.25) is 0 Å². The minimum atomic E-state index is 0.349. The lowest BCUT2D eigenvalue weighted by Gasteiger charge is -2.28. The first-order chi connectivity index (χ1) is 10.3. The minimum Gasteiger partial charge on any atom is -0.384 e. The van der Waals surface area contributed by atoms with Crippen LogP contribution >= 0.6 is 0 Å². The van der Waals surface area contributed by atoms with Crippen molar-refractivity contribution in [2.24, 2.45) is 0 Å². The monoisotopic (exact) mass is 281 g/mol. The predicted molar refractivity (Wildman–Crippen MR) is 82.0 cm³/mol. The molecule has 0 atom stereocenters. The Bertz CT molecular complexity index is 780. The Hall–Kier alpha value is -2.60. The Kier molecular flexibility index (Phi) is 2.75. The van der Waals surface area contributed by atoms with Crippen molar-refractivity contribution in [1.82, 2.24) is 15.2 Å². The van der Waals surface area contributed by atoms with Crippen molar-refractivity contribution in [3.05, 3.63) is 36.5 Å². The number of anilines is 2. The molecule has 3 heterocycles. The summed E-state index contributed by atoms with van der Waals surface area (Å²) in [7, 11) is 0. The van der Waals surface area contributed by atoms with E-state index in [-0.39, 0.29) is 0 Å². The molecule has 1 aliphatic heterocycles. The number of pyridine rings is 1. The average Bonchev–Trinajstić information content (AvgIpc) is 2.96. The van der Waals surface area contributed by atoms with Gasteiger partial charge < -0.3 is 15.8 Å². The first-order valence-corrected chi connectivity index (χ1v) is 6.84. The zero-order chi connectivity index (χ0) is 14.2. The van der Waals surface area contributed by atoms with Crippen molar-refractivity contribution in [2.45, 2.75) is 6.04 Å². The van der Waals surface area contributed by atoms with E-state index in [9.17, 15) is 0 Å². The van der Waals surface area contributed by atoms with Crippen LogP contribution in [0.1, 0.15) is 0 Å². The van der Waals surface area contributed by atoms with Crippen molar-refractivity contribution >= 4 is 22.4 Å². The Morgan fingerprint density at radius 3 is 2.86 bits per heavy atom. The van der Waals surface area contributed by atoms with Crippen LogP contribution in [0.3, 0.4) is 0 Å². The van der Waals surface area contributed by atoms with E-state index in [0.29, 0.717) is 11.9 Å². The zero-order valence-corrected chi connectivity index (χ0v) is 11.3. The number of nitrogens with two attached hydrogens (primary N) is 1. The second kappa shape index (κ2) is 4.75. The fourth-order valence-corrected chi connectivity index (χ4v) is 2.49. The van der Waals surface area contributed by atoms with Crippen LogP contribution in [-0.2, 0) is 4.74 Å². The second-order valence-corrected chi connectivity index (χ2v) is 5.18. The van der Waals surface area contributed by atoms with Crippen LogP contribution in [0.4, 0.5) is 11.5 Å². The van der Waals surface area contributed by atoms with Gasteiger partial charge in [0.15, 0.2) is 0 Å². The number of aromatic nitrogens is 3. The molecular weight excluding hydrogens is 266 g/mol. The van der Waals surface area contributed by atoms with Gasteiger partial charge in [-0.25, -0.2) is 4.98 Å². The van der Waals surface area contributed by atoms with Crippen LogP contribution in [0, 0.1) is 0 Å². The summed E-state index contributed by atoms with van der Waals surface area (Å²) in [6, 6.07) is 10.3. The number of H-pyrrole nitrogens is 1. The molecule has 0 radical (unpaired) electrons. The van der Waals surface area contributed by atoms with Gasteiger partial charge in [0.05, 0.1) is 30.5 Å². The standard InChI is InChI=1S/C15H15N5O/c16-15-6-14(18-10-7-21-8-10)11-2-1-9(5-13(11)19-15)12-3-4-17-20-12/h1-6,10H,7-8H2,(H,17,20)(H3,16,18,19). The largest absolute Gasteiger partial charge is 0.384 e. The molecule has 6 heteroatoms. The van der Waals surface area contributed by atoms with Gasteiger partial charge in [-0.3, -0.25) is 5.10 Å². The smallest absolute Gasteiger partial charge is 0.126 e. The molecule has 3 aromatic rings. The molecule has 4 N–H and O–H groups in total. The van der Waals surface area contributed by atoms with Crippen LogP contribution in [0.25, 0.3) is 22.2 Å². The van der Waals surface area contributed by atoms with Crippen LogP contribution in [-0.4, -0.2) is 34.4 Å². The molecule has 1 saturated heterocycles. The van der Waals surface area contributed by atoms with Crippen molar-refractivity contribution in [3.8, 4) is 11.3 Å². The highest BCUT2D eigenvalue weighted by Crippen LogP contribution is 2.29. The van der Waals surface area contributed by atoms with Crippen LogP contribution < -0.4 is 11.1 Å². The van der Waals surface area contributed by atoms with Gasteiger partial charge in [0.1, 0.15) is 5.82 Å². The number of hydrogen-bond donors (Lipinski definition) is 3. The quantitative estimate of drug-likeness (QED) is 0.683. The van der Waals surface area contributed by atoms with E-state index >= 15 is 0 Å². The fourth-order valence-electron chi connectivity index (χ4n) is 2.49. The first kappa shape index (κ1) is 12.2. The lowest BCUT2D eigenvalue weighted by atomic mass is 10.1. The first-order valence-electron chi connectivity index (χ1n) is 6.84. The number of nitrogen functional groups attached to an aromatic ring is 1. The molecule has 4 rings (SSSR count). The topological polar surface area (TPSA) is 88.9 Å². The summed E-state index contributed by atoms with van der Waals surface area (Å²) in [5, 5.41) is 11.4. The third-order valence-electron chi connectivity index (χ3n) is 3.64. The Balaban J connectivity index is 1.80. The van der Waals surface area contributed by atoms with Gasteiger partial charge in [-0.2, -0.15) is 5.10 Å². The molecule has 0 unspecified atom stereocenters. The number of aromatic amines is 1. The van der Waals surface area contributed by atoms with E-state index in [4.69, 9.17) is 10.5 Å². The number of fused-ring (bicyclic) bond motifs is 1. The molecule has 0 bridgehead atoms. The van der Waals surface area contributed by atoms with Gasteiger partial charge in [0.2, 0.25) is 0 Å². The van der Waals surface area contributed by atoms with E-state index < -0.39 is 0 Å². The van der Waals surface area contributed by atoms with E-state index in [1.54, 1.807) is 6.20 Å². The number of hydrogen-bond acceptors (Lipinski definition) is 5. The molecule has 6 nitrogen and oxygen atoms in total. The number of nitrogens with one attached hydrogen (secondary N) is 2. The molecule has 1 fully saturated rings. The average molecular weight is 281 g/mol. The van der Waals surface area contributed by atoms with E-state index in [0.717, 1.165) is 41.1 Å². The van der Waals surface area contributed by atoms with Gasteiger partial charge in [0.25, 0.3) is 0 Å². The molecule has 2 aromatic heterocycles. The molecule has 21 heavy (non-hydrogen) atoms. The molecule has 106 valence electrons. The maximum atomic E-state index is 5.93. The van der Waals surface area contributed by atoms with Gasteiger partial charge in [0, 0.05) is 28.9 Å². The van der Waals surface area contributed by atoms with Crippen LogP contribution in [0.15, 0.2) is 36.5 Å². The van der Waals surface area contributed by atoms with Crippen molar-refractivity contribution < 1.29 is 4.74 Å². The van der Waals surface area contributed by atoms with Crippen molar-refractivity contribution in [1.29, 1.82) is 0 Å². The summed E-state index contributed by atoms with van der Waals surface area (Å²) >= 11 is 0. The summed E-state index contributed by atoms with van der Waals surface area (Å²) in [6.45, 7) is 1.46. The molecule has 0 spiro atoms. The van der Waals surface area contributed by atoms with Crippen molar-refractivity contribution in [2.75, 3.05) is 24.3 Å². The number of nitrogens with zero attached hydrogens (tertiary/aromatic N) is 2. The Morgan fingerprint density at radius 1 is 1.24 bits per heavy atom. The van der Waals surface area contributed by atoms with E-state index in [1.165, 1.54) is 0 Å². The molecule has 0 aliphatic carbocycles. The Morgan fingerprint density at radius 2 is 2.14 bits per heavy atom. The minimum absolute atomic E-state index is 0.349.